The normalized spacial score (nSPS) is 15.0. The zero-order chi connectivity index (χ0) is 15.5. The van der Waals surface area contributed by atoms with E-state index in [0.29, 0.717) is 27.1 Å². The summed E-state index contributed by atoms with van der Waals surface area (Å²) >= 11 is 16.2. The zero-order valence-corrected chi connectivity index (χ0v) is 15.9. The Hall–Kier alpha value is 0.0800. The number of ether oxygens (including phenoxy) is 1. The Labute approximate surface area is 141 Å². The van der Waals surface area contributed by atoms with E-state index in [-0.39, 0.29) is 4.83 Å². The van der Waals surface area contributed by atoms with E-state index in [1.807, 2.05) is 6.07 Å². The molecular weight excluding hydrogens is 359 g/mol. The highest BCUT2D eigenvalue weighted by molar-refractivity contribution is 9.09. The van der Waals surface area contributed by atoms with Gasteiger partial charge in [0, 0.05) is 15.9 Å². The average molecular weight is 382 g/mol. The summed E-state index contributed by atoms with van der Waals surface area (Å²) in [5, 5.41) is 1.29. The molecule has 0 bridgehead atoms. The topological polar surface area (TPSA) is 9.23 Å². The van der Waals surface area contributed by atoms with Gasteiger partial charge in [0.25, 0.3) is 0 Å². The maximum absolute atomic E-state index is 6.32. The molecular formula is C16H23BrCl2O. The highest BCUT2D eigenvalue weighted by Gasteiger charge is 2.21. The van der Waals surface area contributed by atoms with Crippen LogP contribution < -0.4 is 4.74 Å². The van der Waals surface area contributed by atoms with Gasteiger partial charge in [-0.25, -0.2) is 0 Å². The molecule has 1 nitrogen and oxygen atoms in total. The van der Waals surface area contributed by atoms with Crippen molar-refractivity contribution in [2.45, 2.75) is 45.4 Å². The molecule has 0 aliphatic carbocycles. The van der Waals surface area contributed by atoms with Crippen LogP contribution in [0.2, 0.25) is 10.0 Å². The van der Waals surface area contributed by atoms with E-state index in [1.54, 1.807) is 13.2 Å². The molecule has 0 saturated carbocycles. The largest absolute Gasteiger partial charge is 0.495 e. The second-order valence-corrected chi connectivity index (χ2v) is 8.50. The Morgan fingerprint density at radius 3 is 2.30 bits per heavy atom. The van der Waals surface area contributed by atoms with Crippen molar-refractivity contribution in [3.05, 3.63) is 27.7 Å². The van der Waals surface area contributed by atoms with Gasteiger partial charge in [-0.2, -0.15) is 0 Å². The quantitative estimate of drug-likeness (QED) is 0.504. The first kappa shape index (κ1) is 18.1. The lowest BCUT2D eigenvalue weighted by Crippen LogP contribution is -2.12. The molecule has 0 spiro atoms. The molecule has 1 aromatic carbocycles. The standard InChI is InChI=1S/C16H23BrCl2O/c1-10(9-16(2,3)4)6-12(17)11-7-14(19)15(20-5)8-13(11)18/h7-8,10,12H,6,9H2,1-5H3. The fraction of sp³-hybridized carbons (Fsp3) is 0.625. The molecule has 0 radical (unpaired) electrons. The van der Waals surface area contributed by atoms with Crippen LogP contribution >= 0.6 is 39.1 Å². The second kappa shape index (κ2) is 7.38. The first-order valence-corrected chi connectivity index (χ1v) is 8.48. The van der Waals surface area contributed by atoms with Crippen LogP contribution in [0.3, 0.4) is 0 Å². The first-order valence-electron chi connectivity index (χ1n) is 6.81. The van der Waals surface area contributed by atoms with Crippen molar-refractivity contribution in [3.63, 3.8) is 0 Å². The van der Waals surface area contributed by atoms with Crippen LogP contribution in [-0.2, 0) is 0 Å². The molecule has 0 aromatic heterocycles. The van der Waals surface area contributed by atoms with Crippen LogP contribution in [0.1, 0.15) is 50.9 Å². The molecule has 2 unspecified atom stereocenters. The van der Waals surface area contributed by atoms with Gasteiger partial charge in [0.1, 0.15) is 5.75 Å². The number of rotatable bonds is 5. The van der Waals surface area contributed by atoms with E-state index < -0.39 is 0 Å². The highest BCUT2D eigenvalue weighted by Crippen LogP contribution is 2.41. The summed E-state index contributed by atoms with van der Waals surface area (Å²) in [6.07, 6.45) is 2.20. The van der Waals surface area contributed by atoms with Crippen molar-refractivity contribution < 1.29 is 4.74 Å². The molecule has 1 rings (SSSR count). The van der Waals surface area contributed by atoms with Crippen LogP contribution in [0.15, 0.2) is 12.1 Å². The molecule has 0 saturated heterocycles. The number of alkyl halides is 1. The molecule has 0 amide bonds. The average Bonchev–Trinajstić information content (AvgIpc) is 2.28. The molecule has 114 valence electrons. The third-order valence-electron chi connectivity index (χ3n) is 3.18. The van der Waals surface area contributed by atoms with Gasteiger partial charge >= 0.3 is 0 Å². The van der Waals surface area contributed by atoms with Gasteiger partial charge in [-0.3, -0.25) is 0 Å². The highest BCUT2D eigenvalue weighted by atomic mass is 79.9. The van der Waals surface area contributed by atoms with Gasteiger partial charge in [-0.1, -0.05) is 66.8 Å². The summed E-state index contributed by atoms with van der Waals surface area (Å²) in [6.45, 7) is 9.08. The number of halogens is 3. The second-order valence-electron chi connectivity index (χ2n) is 6.58. The third-order valence-corrected chi connectivity index (χ3v) is 4.67. The number of benzene rings is 1. The van der Waals surface area contributed by atoms with Gasteiger partial charge in [0.05, 0.1) is 12.1 Å². The lowest BCUT2D eigenvalue weighted by Gasteiger charge is -2.25. The van der Waals surface area contributed by atoms with Gasteiger partial charge in [-0.05, 0) is 35.8 Å². The Morgan fingerprint density at radius 1 is 1.20 bits per heavy atom. The summed E-state index contributed by atoms with van der Waals surface area (Å²) in [6, 6.07) is 3.67. The van der Waals surface area contributed by atoms with Crippen LogP contribution in [0.5, 0.6) is 5.75 Å². The Morgan fingerprint density at radius 2 is 1.80 bits per heavy atom. The van der Waals surface area contributed by atoms with E-state index in [1.165, 1.54) is 6.42 Å². The van der Waals surface area contributed by atoms with Gasteiger partial charge in [0.2, 0.25) is 0 Å². The van der Waals surface area contributed by atoms with Crippen molar-refractivity contribution in [1.82, 2.24) is 0 Å². The fourth-order valence-corrected chi connectivity index (χ4v) is 4.23. The van der Waals surface area contributed by atoms with E-state index >= 15 is 0 Å². The molecule has 20 heavy (non-hydrogen) atoms. The van der Waals surface area contributed by atoms with Gasteiger partial charge in [-0.15, -0.1) is 0 Å². The van der Waals surface area contributed by atoms with Gasteiger partial charge in [0.15, 0.2) is 0 Å². The molecule has 0 aliphatic rings. The molecule has 0 heterocycles. The minimum atomic E-state index is 0.204. The van der Waals surface area contributed by atoms with Crippen molar-refractivity contribution in [1.29, 1.82) is 0 Å². The molecule has 0 fully saturated rings. The SMILES string of the molecule is COc1cc(Cl)c(C(Br)CC(C)CC(C)(C)C)cc1Cl. The number of hydrogen-bond acceptors (Lipinski definition) is 1. The Kier molecular flexibility index (Phi) is 6.69. The maximum Gasteiger partial charge on any atom is 0.138 e. The van der Waals surface area contributed by atoms with Gasteiger partial charge < -0.3 is 4.74 Å². The van der Waals surface area contributed by atoms with Crippen molar-refractivity contribution in [2.75, 3.05) is 7.11 Å². The summed E-state index contributed by atoms with van der Waals surface area (Å²) in [5.41, 5.74) is 1.37. The van der Waals surface area contributed by atoms with Crippen molar-refractivity contribution in [3.8, 4) is 5.75 Å². The predicted molar refractivity (Wildman–Crippen MR) is 92.5 cm³/mol. The van der Waals surface area contributed by atoms with E-state index in [2.05, 4.69) is 43.6 Å². The zero-order valence-electron chi connectivity index (χ0n) is 12.8. The van der Waals surface area contributed by atoms with Crippen LogP contribution in [-0.4, -0.2) is 7.11 Å². The smallest absolute Gasteiger partial charge is 0.138 e. The van der Waals surface area contributed by atoms with E-state index in [4.69, 9.17) is 27.9 Å². The molecule has 4 heteroatoms. The Balaban J connectivity index is 2.82. The van der Waals surface area contributed by atoms with Crippen LogP contribution in [0.4, 0.5) is 0 Å². The molecule has 2 atom stereocenters. The van der Waals surface area contributed by atoms with Crippen LogP contribution in [0, 0.1) is 11.3 Å². The summed E-state index contributed by atoms with van der Waals surface area (Å²) in [5.74, 6) is 1.22. The van der Waals surface area contributed by atoms with Crippen molar-refractivity contribution >= 4 is 39.1 Å². The lowest BCUT2D eigenvalue weighted by molar-refractivity contribution is 0.296. The number of hydrogen-bond donors (Lipinski definition) is 0. The fourth-order valence-electron chi connectivity index (χ4n) is 2.55. The molecule has 1 aromatic rings. The minimum Gasteiger partial charge on any atom is -0.495 e. The van der Waals surface area contributed by atoms with E-state index in [0.717, 1.165) is 12.0 Å². The monoisotopic (exact) mass is 380 g/mol. The molecule has 0 aliphatic heterocycles. The predicted octanol–water partition coefficient (Wildman–Crippen LogP) is 6.90. The van der Waals surface area contributed by atoms with E-state index in [9.17, 15) is 0 Å². The van der Waals surface area contributed by atoms with Crippen LogP contribution in [0.25, 0.3) is 0 Å². The molecule has 0 N–H and O–H groups in total. The lowest BCUT2D eigenvalue weighted by atomic mass is 9.83. The number of methoxy groups -OCH3 is 1. The maximum atomic E-state index is 6.32. The first-order chi connectivity index (χ1) is 9.14. The van der Waals surface area contributed by atoms with Crippen molar-refractivity contribution in [2.24, 2.45) is 11.3 Å². The summed E-state index contributed by atoms with van der Waals surface area (Å²) in [7, 11) is 1.59. The Bertz CT molecular complexity index is 455. The third kappa shape index (κ3) is 5.46. The minimum absolute atomic E-state index is 0.204. The summed E-state index contributed by atoms with van der Waals surface area (Å²) < 4.78 is 5.18. The summed E-state index contributed by atoms with van der Waals surface area (Å²) in [4.78, 5) is 0.204.